The molecule has 1 aromatic rings. The van der Waals surface area contributed by atoms with E-state index in [1.54, 1.807) is 0 Å². The van der Waals surface area contributed by atoms with Gasteiger partial charge in [-0.05, 0) is 18.4 Å². The van der Waals surface area contributed by atoms with Crippen molar-refractivity contribution in [3.8, 4) is 0 Å². The van der Waals surface area contributed by atoms with E-state index in [-0.39, 0.29) is 5.41 Å². The maximum absolute atomic E-state index is 5.13. The molecule has 0 aliphatic rings. The second-order valence-corrected chi connectivity index (χ2v) is 5.02. The van der Waals surface area contributed by atoms with E-state index in [1.165, 1.54) is 0 Å². The van der Waals surface area contributed by atoms with Gasteiger partial charge in [0.2, 0.25) is 5.89 Å². The van der Waals surface area contributed by atoms with Crippen LogP contribution >= 0.6 is 0 Å². The number of hydrogen-bond acceptors (Lipinski definition) is 4. The molecule has 0 aliphatic heterocycles. The summed E-state index contributed by atoms with van der Waals surface area (Å²) < 4.78 is 5.13. The summed E-state index contributed by atoms with van der Waals surface area (Å²) >= 11 is 0. The monoisotopic (exact) mass is 211 g/mol. The molecule has 0 spiro atoms. The van der Waals surface area contributed by atoms with E-state index in [0.717, 1.165) is 25.2 Å². The van der Waals surface area contributed by atoms with Crippen molar-refractivity contribution >= 4 is 0 Å². The Morgan fingerprint density at radius 2 is 2.07 bits per heavy atom. The highest BCUT2D eigenvalue weighted by molar-refractivity contribution is 4.89. The lowest BCUT2D eigenvalue weighted by atomic mass is 9.92. The first kappa shape index (κ1) is 12.2. The van der Waals surface area contributed by atoms with Gasteiger partial charge in [0, 0.05) is 6.42 Å². The van der Waals surface area contributed by atoms with Crippen molar-refractivity contribution in [2.24, 2.45) is 5.41 Å². The van der Waals surface area contributed by atoms with Crippen LogP contribution in [-0.2, 0) is 13.0 Å². The first-order chi connectivity index (χ1) is 7.01. The molecule has 0 saturated heterocycles. The minimum atomic E-state index is 0.206. The first-order valence-electron chi connectivity index (χ1n) is 5.53. The molecule has 4 nitrogen and oxygen atoms in total. The fourth-order valence-corrected chi connectivity index (χ4v) is 1.28. The zero-order valence-electron chi connectivity index (χ0n) is 10.1. The predicted octanol–water partition coefficient (Wildman–Crippen LogP) is 2.16. The lowest BCUT2D eigenvalue weighted by Gasteiger charge is -2.14. The normalized spacial score (nSPS) is 12.0. The molecule has 4 heteroatoms. The number of rotatable bonds is 5. The van der Waals surface area contributed by atoms with Gasteiger partial charge in [0.1, 0.15) is 0 Å². The Balaban J connectivity index is 2.42. The molecular weight excluding hydrogens is 190 g/mol. The third kappa shape index (κ3) is 4.93. The average Bonchev–Trinajstić information content (AvgIpc) is 2.50. The lowest BCUT2D eigenvalue weighted by molar-refractivity contribution is 0.348. The molecule has 0 amide bonds. The second-order valence-electron chi connectivity index (χ2n) is 5.02. The third-order valence-corrected chi connectivity index (χ3v) is 1.90. The Morgan fingerprint density at radius 1 is 1.33 bits per heavy atom. The van der Waals surface area contributed by atoms with Crippen LogP contribution in [0.15, 0.2) is 4.52 Å². The van der Waals surface area contributed by atoms with Crippen molar-refractivity contribution in [1.29, 1.82) is 0 Å². The van der Waals surface area contributed by atoms with Gasteiger partial charge >= 0.3 is 0 Å². The first-order valence-corrected chi connectivity index (χ1v) is 5.53. The van der Waals surface area contributed by atoms with Crippen LogP contribution in [0.25, 0.3) is 0 Å². The molecule has 1 aromatic heterocycles. The molecule has 0 bridgehead atoms. The molecule has 0 aromatic carbocycles. The molecule has 1 rings (SSSR count). The molecule has 86 valence electrons. The van der Waals surface area contributed by atoms with Gasteiger partial charge < -0.3 is 9.84 Å². The summed E-state index contributed by atoms with van der Waals surface area (Å²) in [7, 11) is 0. The van der Waals surface area contributed by atoms with Gasteiger partial charge in [-0.15, -0.1) is 0 Å². The van der Waals surface area contributed by atoms with Gasteiger partial charge in [0.05, 0.1) is 6.54 Å². The molecule has 0 fully saturated rings. The van der Waals surface area contributed by atoms with Gasteiger partial charge in [0.15, 0.2) is 5.82 Å². The molecule has 0 aliphatic carbocycles. The summed E-state index contributed by atoms with van der Waals surface area (Å²) in [6.07, 6.45) is 1.97. The van der Waals surface area contributed by atoms with Gasteiger partial charge in [0.25, 0.3) is 0 Å². The molecular formula is C11H21N3O. The van der Waals surface area contributed by atoms with E-state index in [0.29, 0.717) is 12.4 Å². The zero-order chi connectivity index (χ0) is 11.3. The van der Waals surface area contributed by atoms with Crippen LogP contribution in [0.4, 0.5) is 0 Å². The van der Waals surface area contributed by atoms with Crippen LogP contribution in [0.2, 0.25) is 0 Å². The smallest absolute Gasteiger partial charge is 0.240 e. The fourth-order valence-electron chi connectivity index (χ4n) is 1.28. The summed E-state index contributed by atoms with van der Waals surface area (Å²) in [5.41, 5.74) is 0.206. The summed E-state index contributed by atoms with van der Waals surface area (Å²) in [5.74, 6) is 1.48. The lowest BCUT2D eigenvalue weighted by Crippen LogP contribution is -2.14. The van der Waals surface area contributed by atoms with Crippen molar-refractivity contribution in [2.45, 2.75) is 47.1 Å². The minimum Gasteiger partial charge on any atom is -0.338 e. The Hall–Kier alpha value is -0.900. The van der Waals surface area contributed by atoms with Crippen LogP contribution < -0.4 is 5.32 Å². The maximum atomic E-state index is 5.13. The average molecular weight is 211 g/mol. The van der Waals surface area contributed by atoms with E-state index in [2.05, 4.69) is 43.2 Å². The van der Waals surface area contributed by atoms with Crippen LogP contribution in [0.1, 0.15) is 45.8 Å². The van der Waals surface area contributed by atoms with E-state index in [1.807, 2.05) is 0 Å². The van der Waals surface area contributed by atoms with Gasteiger partial charge in [-0.2, -0.15) is 4.98 Å². The molecule has 15 heavy (non-hydrogen) atoms. The molecule has 0 atom stereocenters. The largest absolute Gasteiger partial charge is 0.338 e. The quantitative estimate of drug-likeness (QED) is 0.758. The van der Waals surface area contributed by atoms with E-state index in [4.69, 9.17) is 4.52 Å². The highest BCUT2D eigenvalue weighted by atomic mass is 16.5. The van der Waals surface area contributed by atoms with Gasteiger partial charge in [-0.3, -0.25) is 0 Å². The highest BCUT2D eigenvalue weighted by Crippen LogP contribution is 2.18. The standard InChI is InChI=1S/C11H21N3O/c1-5-6-12-8-10-13-9(14-15-10)7-11(2,3)4/h12H,5-8H2,1-4H3. The minimum absolute atomic E-state index is 0.206. The van der Waals surface area contributed by atoms with Crippen molar-refractivity contribution in [3.05, 3.63) is 11.7 Å². The number of aromatic nitrogens is 2. The van der Waals surface area contributed by atoms with Gasteiger partial charge in [-0.1, -0.05) is 32.9 Å². The van der Waals surface area contributed by atoms with E-state index < -0.39 is 0 Å². The van der Waals surface area contributed by atoms with Crippen molar-refractivity contribution in [1.82, 2.24) is 15.5 Å². The van der Waals surface area contributed by atoms with Crippen LogP contribution in [0.3, 0.4) is 0 Å². The zero-order valence-corrected chi connectivity index (χ0v) is 10.1. The van der Waals surface area contributed by atoms with Crippen molar-refractivity contribution < 1.29 is 4.52 Å². The summed E-state index contributed by atoms with van der Waals surface area (Å²) in [4.78, 5) is 4.33. The second kappa shape index (κ2) is 5.26. The Bertz CT molecular complexity index is 288. The SMILES string of the molecule is CCCNCc1nc(CC(C)(C)C)no1. The molecule has 0 radical (unpaired) electrons. The topological polar surface area (TPSA) is 51.0 Å². The molecule has 0 unspecified atom stereocenters. The number of nitrogens with zero attached hydrogens (tertiary/aromatic N) is 2. The van der Waals surface area contributed by atoms with Crippen LogP contribution in [-0.4, -0.2) is 16.7 Å². The van der Waals surface area contributed by atoms with E-state index >= 15 is 0 Å². The van der Waals surface area contributed by atoms with Crippen molar-refractivity contribution in [3.63, 3.8) is 0 Å². The fraction of sp³-hybridized carbons (Fsp3) is 0.818. The molecule has 0 saturated carbocycles. The van der Waals surface area contributed by atoms with E-state index in [9.17, 15) is 0 Å². The summed E-state index contributed by atoms with van der Waals surface area (Å²) in [6, 6.07) is 0. The molecule has 1 heterocycles. The predicted molar refractivity (Wildman–Crippen MR) is 59.5 cm³/mol. The highest BCUT2D eigenvalue weighted by Gasteiger charge is 2.15. The number of hydrogen-bond donors (Lipinski definition) is 1. The number of nitrogens with one attached hydrogen (secondary N) is 1. The van der Waals surface area contributed by atoms with Crippen LogP contribution in [0, 0.1) is 5.41 Å². The Labute approximate surface area is 91.5 Å². The van der Waals surface area contributed by atoms with Gasteiger partial charge in [-0.25, -0.2) is 0 Å². The third-order valence-electron chi connectivity index (χ3n) is 1.90. The maximum Gasteiger partial charge on any atom is 0.240 e. The van der Waals surface area contributed by atoms with Crippen LogP contribution in [0.5, 0.6) is 0 Å². The summed E-state index contributed by atoms with van der Waals surface area (Å²) in [6.45, 7) is 10.3. The Kier molecular flexibility index (Phi) is 4.27. The Morgan fingerprint density at radius 3 is 2.67 bits per heavy atom. The molecule has 1 N–H and O–H groups in total. The van der Waals surface area contributed by atoms with Crippen molar-refractivity contribution in [2.75, 3.05) is 6.54 Å². The summed E-state index contributed by atoms with van der Waals surface area (Å²) in [5, 5.41) is 7.19.